The summed E-state index contributed by atoms with van der Waals surface area (Å²) in [6.45, 7) is 7.75. The number of halogens is 2. The second kappa shape index (κ2) is 12.3. The van der Waals surface area contributed by atoms with Crippen molar-refractivity contribution < 1.29 is 9.59 Å². The molecule has 0 saturated carbocycles. The van der Waals surface area contributed by atoms with E-state index in [1.165, 1.54) is 11.8 Å². The standard InChI is InChI=1S/C27H31Cl2N5O2S/c1-4-5-6-24(35)33-14-13-32(16-19(33)3)25(36)17-37-27-31-30-26(20-9-7-18(2)8-10-20)34(27)21-11-12-22(28)23(29)15-21/h7-12,15,19H,4-6,13-14,16-17H2,1-3H3. The summed E-state index contributed by atoms with van der Waals surface area (Å²) in [4.78, 5) is 29.4. The summed E-state index contributed by atoms with van der Waals surface area (Å²) in [6, 6.07) is 13.4. The molecule has 196 valence electrons. The number of carbonyl (C=O) groups excluding carboxylic acids is 2. The van der Waals surface area contributed by atoms with Gasteiger partial charge in [0.2, 0.25) is 11.8 Å². The van der Waals surface area contributed by atoms with Gasteiger partial charge in [-0.05, 0) is 38.5 Å². The van der Waals surface area contributed by atoms with Gasteiger partial charge in [0, 0.05) is 37.7 Å². The first-order valence-electron chi connectivity index (χ1n) is 12.5. The van der Waals surface area contributed by atoms with E-state index in [2.05, 4.69) is 17.1 Å². The van der Waals surface area contributed by atoms with E-state index in [-0.39, 0.29) is 23.6 Å². The van der Waals surface area contributed by atoms with Crippen LogP contribution in [-0.4, -0.2) is 67.8 Å². The zero-order valence-electron chi connectivity index (χ0n) is 21.3. The van der Waals surface area contributed by atoms with Crippen LogP contribution >= 0.6 is 35.0 Å². The van der Waals surface area contributed by atoms with E-state index in [0.29, 0.717) is 47.1 Å². The second-order valence-corrected chi connectivity index (χ2v) is 11.0. The fourth-order valence-corrected chi connectivity index (χ4v) is 5.50. The molecule has 1 aliphatic rings. The van der Waals surface area contributed by atoms with Crippen LogP contribution in [0.4, 0.5) is 0 Å². The van der Waals surface area contributed by atoms with Gasteiger partial charge < -0.3 is 9.80 Å². The highest BCUT2D eigenvalue weighted by Gasteiger charge is 2.29. The normalized spacial score (nSPS) is 15.8. The summed E-state index contributed by atoms with van der Waals surface area (Å²) in [5.74, 6) is 1.05. The number of nitrogens with zero attached hydrogens (tertiary/aromatic N) is 5. The minimum absolute atomic E-state index is 0.0000539. The zero-order chi connectivity index (χ0) is 26.5. The molecule has 7 nitrogen and oxygen atoms in total. The number of benzene rings is 2. The maximum atomic E-state index is 13.1. The molecular weight excluding hydrogens is 529 g/mol. The number of aromatic nitrogens is 3. The topological polar surface area (TPSA) is 71.3 Å². The van der Waals surface area contributed by atoms with Crippen molar-refractivity contribution >= 4 is 46.8 Å². The van der Waals surface area contributed by atoms with Gasteiger partial charge in [0.15, 0.2) is 11.0 Å². The quantitative estimate of drug-likeness (QED) is 0.322. The molecule has 0 aliphatic carbocycles. The first kappa shape index (κ1) is 27.5. The summed E-state index contributed by atoms with van der Waals surface area (Å²) in [5.41, 5.74) is 2.81. The Bertz CT molecular complexity index is 1260. The lowest BCUT2D eigenvalue weighted by Gasteiger charge is -2.40. The van der Waals surface area contributed by atoms with Gasteiger partial charge in [-0.1, -0.05) is 78.1 Å². The fourth-order valence-electron chi connectivity index (χ4n) is 4.35. The average molecular weight is 561 g/mol. The molecule has 2 amide bonds. The van der Waals surface area contributed by atoms with Gasteiger partial charge in [-0.2, -0.15) is 0 Å². The average Bonchev–Trinajstić information content (AvgIpc) is 3.31. The molecule has 2 heterocycles. The third-order valence-electron chi connectivity index (χ3n) is 6.47. The molecule has 1 atom stereocenters. The van der Waals surface area contributed by atoms with Crippen LogP contribution in [0.2, 0.25) is 10.0 Å². The molecular formula is C27H31Cl2N5O2S. The summed E-state index contributed by atoms with van der Waals surface area (Å²) < 4.78 is 1.90. The summed E-state index contributed by atoms with van der Waals surface area (Å²) >= 11 is 13.8. The Morgan fingerprint density at radius 2 is 1.78 bits per heavy atom. The Kier molecular flexibility index (Phi) is 9.16. The number of piperazine rings is 1. The van der Waals surface area contributed by atoms with Crippen LogP contribution < -0.4 is 0 Å². The summed E-state index contributed by atoms with van der Waals surface area (Å²) in [6.07, 6.45) is 2.46. The van der Waals surface area contributed by atoms with Gasteiger partial charge in [-0.25, -0.2) is 0 Å². The molecule has 10 heteroatoms. The first-order valence-corrected chi connectivity index (χ1v) is 14.2. The third-order valence-corrected chi connectivity index (χ3v) is 8.13. The lowest BCUT2D eigenvalue weighted by molar-refractivity contribution is -0.141. The van der Waals surface area contributed by atoms with E-state index in [1.54, 1.807) is 12.1 Å². The molecule has 4 rings (SSSR count). The van der Waals surface area contributed by atoms with Crippen molar-refractivity contribution in [1.82, 2.24) is 24.6 Å². The molecule has 2 aromatic carbocycles. The van der Waals surface area contributed by atoms with Crippen LogP contribution in [0.3, 0.4) is 0 Å². The summed E-state index contributed by atoms with van der Waals surface area (Å²) in [7, 11) is 0. The van der Waals surface area contributed by atoms with Gasteiger partial charge in [0.05, 0.1) is 21.5 Å². The first-order chi connectivity index (χ1) is 17.8. The summed E-state index contributed by atoms with van der Waals surface area (Å²) in [5, 5.41) is 10.3. The van der Waals surface area contributed by atoms with Crippen LogP contribution in [0.5, 0.6) is 0 Å². The molecule has 0 bridgehead atoms. The van der Waals surface area contributed by atoms with Gasteiger partial charge in [-0.3, -0.25) is 14.2 Å². The highest BCUT2D eigenvalue weighted by molar-refractivity contribution is 7.99. The van der Waals surface area contributed by atoms with E-state index in [1.807, 2.05) is 58.5 Å². The maximum absolute atomic E-state index is 13.1. The largest absolute Gasteiger partial charge is 0.338 e. The Hall–Kier alpha value is -2.55. The van der Waals surface area contributed by atoms with E-state index in [4.69, 9.17) is 23.2 Å². The molecule has 1 fully saturated rings. The van der Waals surface area contributed by atoms with Crippen molar-refractivity contribution in [2.45, 2.75) is 51.2 Å². The molecule has 0 radical (unpaired) electrons. The molecule has 1 aromatic heterocycles. The van der Waals surface area contributed by atoms with E-state index < -0.39 is 0 Å². The lowest BCUT2D eigenvalue weighted by atomic mass is 10.1. The Balaban J connectivity index is 1.50. The number of carbonyl (C=O) groups is 2. The third kappa shape index (κ3) is 6.48. The predicted molar refractivity (Wildman–Crippen MR) is 150 cm³/mol. The molecule has 1 saturated heterocycles. The number of hydrogen-bond acceptors (Lipinski definition) is 5. The Labute approximate surface area is 232 Å². The van der Waals surface area contributed by atoms with Crippen molar-refractivity contribution in [3.63, 3.8) is 0 Å². The van der Waals surface area contributed by atoms with Crippen molar-refractivity contribution in [2.24, 2.45) is 0 Å². The zero-order valence-corrected chi connectivity index (χ0v) is 23.6. The van der Waals surface area contributed by atoms with Gasteiger partial charge in [0.25, 0.3) is 0 Å². The molecule has 3 aromatic rings. The number of amides is 2. The van der Waals surface area contributed by atoms with E-state index >= 15 is 0 Å². The Morgan fingerprint density at radius 3 is 2.46 bits per heavy atom. The molecule has 0 N–H and O–H groups in total. The van der Waals surface area contributed by atoms with Gasteiger partial charge in [-0.15, -0.1) is 10.2 Å². The SMILES string of the molecule is CCCCC(=O)N1CCN(C(=O)CSc2nnc(-c3ccc(C)cc3)n2-c2ccc(Cl)c(Cl)c2)CC1C. The van der Waals surface area contributed by atoms with Crippen LogP contribution in [0.25, 0.3) is 17.1 Å². The van der Waals surface area contributed by atoms with Crippen LogP contribution in [0, 0.1) is 6.92 Å². The van der Waals surface area contributed by atoms with Crippen molar-refractivity contribution in [2.75, 3.05) is 25.4 Å². The minimum atomic E-state index is 0.0000539. The number of thioether (sulfide) groups is 1. The number of hydrogen-bond donors (Lipinski definition) is 0. The maximum Gasteiger partial charge on any atom is 0.233 e. The Morgan fingerprint density at radius 1 is 1.03 bits per heavy atom. The number of unbranched alkanes of at least 4 members (excludes halogenated alkanes) is 1. The lowest BCUT2D eigenvalue weighted by Crippen LogP contribution is -2.55. The van der Waals surface area contributed by atoms with Gasteiger partial charge in [0.1, 0.15) is 0 Å². The minimum Gasteiger partial charge on any atom is -0.338 e. The highest BCUT2D eigenvalue weighted by atomic mass is 35.5. The fraction of sp³-hybridized carbons (Fsp3) is 0.407. The second-order valence-electron chi connectivity index (χ2n) is 9.27. The molecule has 0 spiro atoms. The predicted octanol–water partition coefficient (Wildman–Crippen LogP) is 5.89. The van der Waals surface area contributed by atoms with Crippen molar-refractivity contribution in [1.29, 1.82) is 0 Å². The highest BCUT2D eigenvalue weighted by Crippen LogP contribution is 2.31. The van der Waals surface area contributed by atoms with E-state index in [9.17, 15) is 9.59 Å². The van der Waals surface area contributed by atoms with Crippen LogP contribution in [-0.2, 0) is 9.59 Å². The van der Waals surface area contributed by atoms with Crippen molar-refractivity contribution in [3.8, 4) is 17.1 Å². The van der Waals surface area contributed by atoms with Crippen LogP contribution in [0.1, 0.15) is 38.7 Å². The van der Waals surface area contributed by atoms with Crippen LogP contribution in [0.15, 0.2) is 47.6 Å². The number of rotatable bonds is 8. The van der Waals surface area contributed by atoms with Gasteiger partial charge >= 0.3 is 0 Å². The number of aryl methyl sites for hydroxylation is 1. The smallest absolute Gasteiger partial charge is 0.233 e. The van der Waals surface area contributed by atoms with E-state index in [0.717, 1.165) is 29.7 Å². The molecule has 1 unspecified atom stereocenters. The molecule has 1 aliphatic heterocycles. The monoisotopic (exact) mass is 559 g/mol. The molecule has 37 heavy (non-hydrogen) atoms. The van der Waals surface area contributed by atoms with Crippen molar-refractivity contribution in [3.05, 3.63) is 58.1 Å².